The number of hydrogen-bond acceptors (Lipinski definition) is 4. The SMILES string of the molecule is Cc1ccc(/C(CN2CCOCC2)=N\O)cc1. The van der Waals surface area contributed by atoms with Crippen LogP contribution in [0.1, 0.15) is 11.1 Å². The van der Waals surface area contributed by atoms with Gasteiger partial charge in [-0.1, -0.05) is 35.0 Å². The van der Waals surface area contributed by atoms with Gasteiger partial charge < -0.3 is 9.94 Å². The summed E-state index contributed by atoms with van der Waals surface area (Å²) in [6, 6.07) is 8.04. The van der Waals surface area contributed by atoms with Crippen molar-refractivity contribution in [1.82, 2.24) is 4.90 Å². The monoisotopic (exact) mass is 234 g/mol. The molecular formula is C13H18N2O2. The molecule has 2 rings (SSSR count). The fourth-order valence-corrected chi connectivity index (χ4v) is 1.90. The molecule has 1 aliphatic heterocycles. The van der Waals surface area contributed by atoms with Gasteiger partial charge in [0.2, 0.25) is 0 Å². The summed E-state index contributed by atoms with van der Waals surface area (Å²) in [5, 5.41) is 12.5. The molecule has 92 valence electrons. The van der Waals surface area contributed by atoms with Gasteiger partial charge in [0.05, 0.1) is 13.2 Å². The van der Waals surface area contributed by atoms with Crippen LogP contribution in [0.3, 0.4) is 0 Å². The lowest BCUT2D eigenvalue weighted by molar-refractivity contribution is 0.0450. The van der Waals surface area contributed by atoms with E-state index >= 15 is 0 Å². The molecule has 1 saturated heterocycles. The van der Waals surface area contributed by atoms with Crippen molar-refractivity contribution in [3.05, 3.63) is 35.4 Å². The van der Waals surface area contributed by atoms with Crippen molar-refractivity contribution in [3.8, 4) is 0 Å². The van der Waals surface area contributed by atoms with E-state index in [4.69, 9.17) is 9.94 Å². The molecule has 0 aliphatic carbocycles. The molecule has 0 spiro atoms. The van der Waals surface area contributed by atoms with Crippen LogP contribution in [0.5, 0.6) is 0 Å². The summed E-state index contributed by atoms with van der Waals surface area (Å²) in [6.45, 7) is 6.01. The van der Waals surface area contributed by atoms with E-state index in [2.05, 4.69) is 10.1 Å². The van der Waals surface area contributed by atoms with Crippen LogP contribution < -0.4 is 0 Å². The summed E-state index contributed by atoms with van der Waals surface area (Å²) in [4.78, 5) is 2.23. The van der Waals surface area contributed by atoms with E-state index in [1.165, 1.54) is 5.56 Å². The maximum absolute atomic E-state index is 9.11. The fraction of sp³-hybridized carbons (Fsp3) is 0.462. The highest BCUT2D eigenvalue weighted by atomic mass is 16.5. The van der Waals surface area contributed by atoms with E-state index in [1.807, 2.05) is 31.2 Å². The van der Waals surface area contributed by atoms with Crippen molar-refractivity contribution in [3.63, 3.8) is 0 Å². The number of rotatable bonds is 3. The second kappa shape index (κ2) is 5.80. The zero-order valence-electron chi connectivity index (χ0n) is 10.1. The van der Waals surface area contributed by atoms with Gasteiger partial charge in [0.15, 0.2) is 0 Å². The highest BCUT2D eigenvalue weighted by Crippen LogP contribution is 2.07. The Morgan fingerprint density at radius 1 is 1.29 bits per heavy atom. The van der Waals surface area contributed by atoms with Crippen LogP contribution in [0.2, 0.25) is 0 Å². The first-order chi connectivity index (χ1) is 8.29. The van der Waals surface area contributed by atoms with Crippen LogP contribution in [0.4, 0.5) is 0 Å². The molecule has 1 N–H and O–H groups in total. The molecule has 4 nitrogen and oxygen atoms in total. The van der Waals surface area contributed by atoms with Gasteiger partial charge in [-0.15, -0.1) is 0 Å². The second-order valence-electron chi connectivity index (χ2n) is 4.30. The Morgan fingerprint density at radius 2 is 1.94 bits per heavy atom. The number of nitrogens with zero attached hydrogens (tertiary/aromatic N) is 2. The van der Waals surface area contributed by atoms with Crippen molar-refractivity contribution in [2.75, 3.05) is 32.8 Å². The second-order valence-corrected chi connectivity index (χ2v) is 4.30. The van der Waals surface area contributed by atoms with E-state index in [0.717, 1.165) is 31.9 Å². The van der Waals surface area contributed by atoms with Gasteiger partial charge in [-0.2, -0.15) is 0 Å². The van der Waals surface area contributed by atoms with Crippen LogP contribution in [0, 0.1) is 6.92 Å². The van der Waals surface area contributed by atoms with Crippen molar-refractivity contribution >= 4 is 5.71 Å². The molecule has 1 aliphatic rings. The third kappa shape index (κ3) is 3.28. The van der Waals surface area contributed by atoms with Crippen LogP contribution in [0.25, 0.3) is 0 Å². The van der Waals surface area contributed by atoms with E-state index < -0.39 is 0 Å². The lowest BCUT2D eigenvalue weighted by Crippen LogP contribution is -2.39. The summed E-state index contributed by atoms with van der Waals surface area (Å²) in [5.74, 6) is 0. The molecule has 0 radical (unpaired) electrons. The molecule has 1 aromatic carbocycles. The van der Waals surface area contributed by atoms with E-state index in [1.54, 1.807) is 0 Å². The average molecular weight is 234 g/mol. The Morgan fingerprint density at radius 3 is 2.53 bits per heavy atom. The molecule has 0 amide bonds. The van der Waals surface area contributed by atoms with E-state index in [0.29, 0.717) is 12.3 Å². The molecular weight excluding hydrogens is 216 g/mol. The molecule has 0 aromatic heterocycles. The first-order valence-electron chi connectivity index (χ1n) is 5.87. The maximum Gasteiger partial charge on any atom is 0.101 e. The molecule has 17 heavy (non-hydrogen) atoms. The van der Waals surface area contributed by atoms with Crippen LogP contribution in [-0.2, 0) is 4.74 Å². The third-order valence-electron chi connectivity index (χ3n) is 2.98. The molecule has 1 heterocycles. The van der Waals surface area contributed by atoms with Crippen molar-refractivity contribution in [1.29, 1.82) is 0 Å². The average Bonchev–Trinajstić information content (AvgIpc) is 2.38. The Kier molecular flexibility index (Phi) is 4.12. The molecule has 0 atom stereocenters. The number of oxime groups is 1. The quantitative estimate of drug-likeness (QED) is 0.490. The summed E-state index contributed by atoms with van der Waals surface area (Å²) in [5.41, 5.74) is 2.90. The van der Waals surface area contributed by atoms with Crippen LogP contribution in [0.15, 0.2) is 29.4 Å². The lowest BCUT2D eigenvalue weighted by Gasteiger charge is -2.26. The largest absolute Gasteiger partial charge is 0.411 e. The fourth-order valence-electron chi connectivity index (χ4n) is 1.90. The van der Waals surface area contributed by atoms with Crippen molar-refractivity contribution in [2.24, 2.45) is 5.16 Å². The topological polar surface area (TPSA) is 45.1 Å². The maximum atomic E-state index is 9.11. The Labute approximate surface area is 101 Å². The van der Waals surface area contributed by atoms with Crippen LogP contribution in [-0.4, -0.2) is 48.7 Å². The zero-order chi connectivity index (χ0) is 12.1. The van der Waals surface area contributed by atoms with E-state index in [-0.39, 0.29) is 0 Å². The summed E-state index contributed by atoms with van der Waals surface area (Å²) < 4.78 is 5.29. The lowest BCUT2D eigenvalue weighted by atomic mass is 10.1. The van der Waals surface area contributed by atoms with Gasteiger partial charge in [-0.05, 0) is 6.92 Å². The number of benzene rings is 1. The van der Waals surface area contributed by atoms with Gasteiger partial charge in [-0.3, -0.25) is 4.90 Å². The molecule has 0 unspecified atom stereocenters. The Hall–Kier alpha value is -1.39. The molecule has 4 heteroatoms. The number of hydrogen-bond donors (Lipinski definition) is 1. The van der Waals surface area contributed by atoms with Gasteiger partial charge in [-0.25, -0.2) is 0 Å². The number of morpholine rings is 1. The summed E-state index contributed by atoms with van der Waals surface area (Å²) >= 11 is 0. The first-order valence-corrected chi connectivity index (χ1v) is 5.87. The third-order valence-corrected chi connectivity index (χ3v) is 2.98. The van der Waals surface area contributed by atoms with Gasteiger partial charge in [0.1, 0.15) is 5.71 Å². The minimum atomic E-state index is 0.670. The predicted octanol–water partition coefficient (Wildman–Crippen LogP) is 1.51. The predicted molar refractivity (Wildman–Crippen MR) is 66.8 cm³/mol. The highest BCUT2D eigenvalue weighted by Gasteiger charge is 2.14. The van der Waals surface area contributed by atoms with Gasteiger partial charge >= 0.3 is 0 Å². The molecule has 0 bridgehead atoms. The zero-order valence-corrected chi connectivity index (χ0v) is 10.1. The first kappa shape index (κ1) is 12.1. The minimum Gasteiger partial charge on any atom is -0.411 e. The van der Waals surface area contributed by atoms with Crippen molar-refractivity contribution in [2.45, 2.75) is 6.92 Å². The van der Waals surface area contributed by atoms with Crippen molar-refractivity contribution < 1.29 is 9.94 Å². The number of ether oxygens (including phenoxy) is 1. The van der Waals surface area contributed by atoms with Gasteiger partial charge in [0, 0.05) is 25.2 Å². The Balaban J connectivity index is 2.03. The summed E-state index contributed by atoms with van der Waals surface area (Å²) in [7, 11) is 0. The smallest absolute Gasteiger partial charge is 0.101 e. The normalized spacial score (nSPS) is 18.3. The van der Waals surface area contributed by atoms with E-state index in [9.17, 15) is 0 Å². The molecule has 1 fully saturated rings. The Bertz CT molecular complexity index is 381. The van der Waals surface area contributed by atoms with Gasteiger partial charge in [0.25, 0.3) is 0 Å². The summed E-state index contributed by atoms with van der Waals surface area (Å²) in [6.07, 6.45) is 0. The molecule has 0 saturated carbocycles. The number of aryl methyl sites for hydroxylation is 1. The van der Waals surface area contributed by atoms with Crippen LogP contribution >= 0.6 is 0 Å². The minimum absolute atomic E-state index is 0.670. The standard InChI is InChI=1S/C13H18N2O2/c1-11-2-4-12(5-3-11)13(14-16)10-15-6-8-17-9-7-15/h2-5,16H,6-10H2,1H3/b14-13-. The highest BCUT2D eigenvalue weighted by molar-refractivity contribution is 6.01. The molecule has 1 aromatic rings.